The number of hydrogen-bond acceptors (Lipinski definition) is 6. The van der Waals surface area contributed by atoms with Crippen LogP contribution in [0.15, 0.2) is 85.1 Å². The molecule has 0 fully saturated rings. The van der Waals surface area contributed by atoms with Gasteiger partial charge in [-0.1, -0.05) is 202 Å². The lowest BCUT2D eigenvalue weighted by Gasteiger charge is -2.18. The molecule has 0 saturated heterocycles. The minimum absolute atomic E-state index is 0.0927. The molecule has 372 valence electrons. The third-order valence-electron chi connectivity index (χ3n) is 11.4. The van der Waals surface area contributed by atoms with Gasteiger partial charge in [0.1, 0.15) is 13.2 Å². The molecule has 0 spiro atoms. The number of carbonyl (C=O) groups is 3. The largest absolute Gasteiger partial charge is 0.462 e. The number of ether oxygens (including phenoxy) is 3. The number of allylic oxidation sites excluding steroid dienone is 14. The zero-order valence-corrected chi connectivity index (χ0v) is 42.5. The molecule has 0 rings (SSSR count). The van der Waals surface area contributed by atoms with Crippen molar-refractivity contribution in [1.29, 1.82) is 0 Å². The van der Waals surface area contributed by atoms with Gasteiger partial charge in [0.25, 0.3) is 0 Å². The summed E-state index contributed by atoms with van der Waals surface area (Å²) in [5.74, 6) is -0.929. The van der Waals surface area contributed by atoms with Crippen LogP contribution >= 0.6 is 0 Å². The Morgan fingerprint density at radius 2 is 0.600 bits per heavy atom. The van der Waals surface area contributed by atoms with E-state index in [1.165, 1.54) is 89.9 Å². The molecule has 65 heavy (non-hydrogen) atoms. The zero-order chi connectivity index (χ0) is 47.2. The number of hydrogen-bond donors (Lipinski definition) is 0. The summed E-state index contributed by atoms with van der Waals surface area (Å²) in [4.78, 5) is 38.0. The molecule has 0 aromatic rings. The van der Waals surface area contributed by atoms with Crippen molar-refractivity contribution < 1.29 is 28.6 Å². The van der Waals surface area contributed by atoms with Gasteiger partial charge in [-0.2, -0.15) is 0 Å². The lowest BCUT2D eigenvalue weighted by atomic mass is 10.1. The highest BCUT2D eigenvalue weighted by atomic mass is 16.6. The van der Waals surface area contributed by atoms with E-state index in [4.69, 9.17) is 14.2 Å². The second kappa shape index (κ2) is 53.2. The summed E-state index contributed by atoms with van der Waals surface area (Å²) < 4.78 is 16.8. The Bertz CT molecular complexity index is 1270. The van der Waals surface area contributed by atoms with Gasteiger partial charge in [0.05, 0.1) is 0 Å². The molecule has 1 atom stereocenters. The van der Waals surface area contributed by atoms with E-state index in [1.807, 2.05) is 0 Å². The number of esters is 3. The van der Waals surface area contributed by atoms with Gasteiger partial charge in [-0.3, -0.25) is 14.4 Å². The maximum atomic E-state index is 12.8. The molecule has 0 unspecified atom stereocenters. The average Bonchev–Trinajstić information content (AvgIpc) is 3.30. The normalized spacial score (nSPS) is 12.7. The predicted molar refractivity (Wildman–Crippen MR) is 279 cm³/mol. The molecule has 0 aliphatic carbocycles. The van der Waals surface area contributed by atoms with E-state index in [2.05, 4.69) is 106 Å². The summed E-state index contributed by atoms with van der Waals surface area (Å²) in [6, 6.07) is 0. The van der Waals surface area contributed by atoms with Crippen molar-refractivity contribution in [2.75, 3.05) is 13.2 Å². The Balaban J connectivity index is 4.43. The monoisotopic (exact) mass is 905 g/mol. The Morgan fingerprint density at radius 1 is 0.323 bits per heavy atom. The number of rotatable bonds is 48. The highest BCUT2D eigenvalue weighted by molar-refractivity contribution is 5.71. The van der Waals surface area contributed by atoms with Crippen molar-refractivity contribution in [1.82, 2.24) is 0 Å². The minimum atomic E-state index is -0.795. The summed E-state index contributed by atoms with van der Waals surface area (Å²) in [6.45, 7) is 6.45. The van der Waals surface area contributed by atoms with E-state index < -0.39 is 6.10 Å². The molecular formula is C59H100O6. The summed E-state index contributed by atoms with van der Waals surface area (Å²) in [6.07, 6.45) is 68.5. The van der Waals surface area contributed by atoms with Crippen molar-refractivity contribution in [3.8, 4) is 0 Å². The van der Waals surface area contributed by atoms with Crippen LogP contribution in [-0.2, 0) is 28.6 Å². The van der Waals surface area contributed by atoms with E-state index in [1.54, 1.807) is 0 Å². The Hall–Kier alpha value is -3.41. The van der Waals surface area contributed by atoms with Crippen molar-refractivity contribution in [2.24, 2.45) is 0 Å². The molecule has 0 aliphatic heterocycles. The second-order valence-electron chi connectivity index (χ2n) is 17.7. The third kappa shape index (κ3) is 51.4. The predicted octanol–water partition coefficient (Wildman–Crippen LogP) is 18.0. The molecule has 0 amide bonds. The average molecular weight is 905 g/mol. The van der Waals surface area contributed by atoms with Crippen LogP contribution in [0.1, 0.15) is 252 Å². The van der Waals surface area contributed by atoms with Gasteiger partial charge < -0.3 is 14.2 Å². The van der Waals surface area contributed by atoms with E-state index in [0.29, 0.717) is 19.3 Å². The maximum absolute atomic E-state index is 12.8. The summed E-state index contributed by atoms with van der Waals surface area (Å²) in [7, 11) is 0. The molecule has 0 radical (unpaired) electrons. The van der Waals surface area contributed by atoms with Gasteiger partial charge in [-0.05, 0) is 116 Å². The van der Waals surface area contributed by atoms with Crippen LogP contribution in [0.25, 0.3) is 0 Å². The van der Waals surface area contributed by atoms with Crippen LogP contribution in [0, 0.1) is 0 Å². The molecule has 0 saturated carbocycles. The fraction of sp³-hybridized carbons (Fsp3) is 0.712. The van der Waals surface area contributed by atoms with E-state index in [9.17, 15) is 14.4 Å². The molecule has 6 nitrogen and oxygen atoms in total. The molecule has 0 N–H and O–H groups in total. The first-order valence-corrected chi connectivity index (χ1v) is 27.1. The fourth-order valence-electron chi connectivity index (χ4n) is 7.28. The van der Waals surface area contributed by atoms with Crippen LogP contribution in [0.5, 0.6) is 0 Å². The van der Waals surface area contributed by atoms with Crippen molar-refractivity contribution in [3.63, 3.8) is 0 Å². The topological polar surface area (TPSA) is 78.9 Å². The minimum Gasteiger partial charge on any atom is -0.462 e. The van der Waals surface area contributed by atoms with Gasteiger partial charge in [-0.25, -0.2) is 0 Å². The summed E-state index contributed by atoms with van der Waals surface area (Å²) in [5.41, 5.74) is 0. The van der Waals surface area contributed by atoms with Gasteiger partial charge >= 0.3 is 17.9 Å². The molecule has 0 aliphatic rings. The van der Waals surface area contributed by atoms with Crippen molar-refractivity contribution >= 4 is 17.9 Å². The van der Waals surface area contributed by atoms with Crippen molar-refractivity contribution in [2.45, 2.75) is 258 Å². The molecular weight excluding hydrogens is 805 g/mol. The van der Waals surface area contributed by atoms with Crippen LogP contribution in [0.4, 0.5) is 0 Å². The van der Waals surface area contributed by atoms with E-state index >= 15 is 0 Å². The molecule has 0 aromatic heterocycles. The van der Waals surface area contributed by atoms with E-state index in [0.717, 1.165) is 122 Å². The van der Waals surface area contributed by atoms with Gasteiger partial charge in [0.2, 0.25) is 0 Å². The Morgan fingerprint density at radius 3 is 0.985 bits per heavy atom. The van der Waals surface area contributed by atoms with Crippen LogP contribution < -0.4 is 0 Å². The summed E-state index contributed by atoms with van der Waals surface area (Å²) >= 11 is 0. The SMILES string of the molecule is CC/C=C\C/C=C\C/C=C\CCCCCCCC(=O)O[C@H](COC(=O)CCCCCCC/C=C\CCCCCC)COC(=O)CCCCCCCC/C=C\C/C=C\C/C=C\CCCCC. The molecule has 0 bridgehead atoms. The highest BCUT2D eigenvalue weighted by Crippen LogP contribution is 2.14. The van der Waals surface area contributed by atoms with Crippen molar-refractivity contribution in [3.05, 3.63) is 85.1 Å². The Labute approximate surface area is 401 Å². The third-order valence-corrected chi connectivity index (χ3v) is 11.4. The molecule has 6 heteroatoms. The smallest absolute Gasteiger partial charge is 0.306 e. The maximum Gasteiger partial charge on any atom is 0.306 e. The summed E-state index contributed by atoms with van der Waals surface area (Å²) in [5, 5.41) is 0. The van der Waals surface area contributed by atoms with Gasteiger partial charge in [0.15, 0.2) is 6.10 Å². The quantitative estimate of drug-likeness (QED) is 0.0262. The zero-order valence-electron chi connectivity index (χ0n) is 42.5. The van der Waals surface area contributed by atoms with Gasteiger partial charge in [-0.15, -0.1) is 0 Å². The lowest BCUT2D eigenvalue weighted by molar-refractivity contribution is -0.167. The number of carbonyl (C=O) groups excluding carboxylic acids is 3. The highest BCUT2D eigenvalue weighted by Gasteiger charge is 2.19. The first-order chi connectivity index (χ1) is 32.0. The first kappa shape index (κ1) is 61.6. The van der Waals surface area contributed by atoms with Crippen LogP contribution in [0.2, 0.25) is 0 Å². The van der Waals surface area contributed by atoms with Crippen LogP contribution in [-0.4, -0.2) is 37.2 Å². The molecule has 0 heterocycles. The Kier molecular flexibility index (Phi) is 50.4. The number of unbranched alkanes of at least 4 members (excludes halogenated alkanes) is 23. The van der Waals surface area contributed by atoms with Gasteiger partial charge in [0, 0.05) is 19.3 Å². The fourth-order valence-corrected chi connectivity index (χ4v) is 7.28. The second-order valence-corrected chi connectivity index (χ2v) is 17.7. The molecule has 0 aromatic carbocycles. The van der Waals surface area contributed by atoms with Crippen LogP contribution in [0.3, 0.4) is 0 Å². The van der Waals surface area contributed by atoms with E-state index in [-0.39, 0.29) is 31.1 Å². The first-order valence-electron chi connectivity index (χ1n) is 27.1. The lowest BCUT2D eigenvalue weighted by Crippen LogP contribution is -2.30. The standard InChI is InChI=1S/C59H100O6/c1-4-7-10-13-16-19-22-25-27-28-29-30-32-34-37-40-43-46-49-52-58(61)64-55-56(54-63-57(60)51-48-45-42-39-36-33-24-21-18-15-12-9-6-3)65-59(62)53-50-47-44-41-38-35-31-26-23-20-17-14-11-8-5-2/h8,11,16-17,19-21,24-27,29-31,56H,4-7,9-10,12-15,18,22-23,28,32-55H2,1-3H3/b11-8-,19-16-,20-17-,24-21-,27-25-,30-29-,31-26-/t56-/m1/s1.